The molecule has 0 fully saturated rings. The number of aliphatic hydroxyl groups excluding tert-OH is 1. The minimum absolute atomic E-state index is 0.135. The molecule has 15 heavy (non-hydrogen) atoms. The van der Waals surface area contributed by atoms with Crippen molar-refractivity contribution in [3.05, 3.63) is 18.0 Å². The topological polar surface area (TPSA) is 58.0 Å². The van der Waals surface area contributed by atoms with Gasteiger partial charge in [-0.2, -0.15) is 0 Å². The van der Waals surface area contributed by atoms with Crippen LogP contribution in [0.2, 0.25) is 0 Å². The summed E-state index contributed by atoms with van der Waals surface area (Å²) in [7, 11) is 0. The Kier molecular flexibility index (Phi) is 4.03. The Hall–Kier alpha value is -1.16. The van der Waals surface area contributed by atoms with E-state index in [0.717, 1.165) is 12.0 Å². The zero-order chi connectivity index (χ0) is 11.3. The minimum Gasteiger partial charge on any atom is -0.396 e. The lowest BCUT2D eigenvalue weighted by molar-refractivity contribution is 0.251. The van der Waals surface area contributed by atoms with Crippen molar-refractivity contribution < 1.29 is 5.11 Å². The lowest BCUT2D eigenvalue weighted by atomic mass is 9.95. The highest BCUT2D eigenvalue weighted by Crippen LogP contribution is 2.18. The van der Waals surface area contributed by atoms with E-state index in [0.29, 0.717) is 12.4 Å². The van der Waals surface area contributed by atoms with Gasteiger partial charge in [-0.05, 0) is 32.3 Å². The standard InChI is InChI=1S/C11H19N3O/c1-4-11(3,5-6-15)14-10-12-7-9(2)8-13-10/h7-8,15H,4-6H2,1-3H3,(H,12,13,14). The Morgan fingerprint density at radius 1 is 1.40 bits per heavy atom. The quantitative estimate of drug-likeness (QED) is 0.775. The van der Waals surface area contributed by atoms with Crippen LogP contribution in [-0.2, 0) is 0 Å². The van der Waals surface area contributed by atoms with E-state index in [4.69, 9.17) is 5.11 Å². The highest BCUT2D eigenvalue weighted by Gasteiger charge is 2.21. The van der Waals surface area contributed by atoms with Gasteiger partial charge in [0.1, 0.15) is 0 Å². The summed E-state index contributed by atoms with van der Waals surface area (Å²) in [6.45, 7) is 6.27. The highest BCUT2D eigenvalue weighted by molar-refractivity contribution is 5.28. The first-order valence-corrected chi connectivity index (χ1v) is 5.27. The van der Waals surface area contributed by atoms with E-state index in [2.05, 4.69) is 29.1 Å². The van der Waals surface area contributed by atoms with Crippen molar-refractivity contribution in [2.75, 3.05) is 11.9 Å². The minimum atomic E-state index is -0.135. The number of aromatic nitrogens is 2. The zero-order valence-corrected chi connectivity index (χ0v) is 9.62. The Morgan fingerprint density at radius 3 is 2.47 bits per heavy atom. The van der Waals surface area contributed by atoms with Gasteiger partial charge in [-0.1, -0.05) is 6.92 Å². The van der Waals surface area contributed by atoms with Crippen molar-refractivity contribution in [1.29, 1.82) is 0 Å². The molecule has 1 atom stereocenters. The summed E-state index contributed by atoms with van der Waals surface area (Å²) in [5, 5.41) is 12.2. The van der Waals surface area contributed by atoms with Crippen molar-refractivity contribution >= 4 is 5.95 Å². The number of hydrogen-bond donors (Lipinski definition) is 2. The maximum atomic E-state index is 8.97. The third-order valence-electron chi connectivity index (χ3n) is 2.64. The van der Waals surface area contributed by atoms with Crippen molar-refractivity contribution in [2.24, 2.45) is 0 Å². The van der Waals surface area contributed by atoms with Gasteiger partial charge in [0.15, 0.2) is 0 Å². The fraction of sp³-hybridized carbons (Fsp3) is 0.636. The van der Waals surface area contributed by atoms with Crippen LogP contribution in [0.5, 0.6) is 0 Å². The van der Waals surface area contributed by atoms with Crippen LogP contribution in [0, 0.1) is 6.92 Å². The molecule has 0 aliphatic rings. The Morgan fingerprint density at radius 2 is 2.00 bits per heavy atom. The van der Waals surface area contributed by atoms with Crippen molar-refractivity contribution in [2.45, 2.75) is 39.2 Å². The summed E-state index contributed by atoms with van der Waals surface area (Å²) in [5.41, 5.74) is 0.908. The maximum Gasteiger partial charge on any atom is 0.223 e. The number of nitrogens with one attached hydrogen (secondary N) is 1. The second-order valence-corrected chi connectivity index (χ2v) is 4.10. The number of hydrogen-bond acceptors (Lipinski definition) is 4. The Balaban J connectivity index is 2.70. The van der Waals surface area contributed by atoms with Crippen LogP contribution in [0.25, 0.3) is 0 Å². The van der Waals surface area contributed by atoms with Gasteiger partial charge < -0.3 is 10.4 Å². The van der Waals surface area contributed by atoms with E-state index < -0.39 is 0 Å². The molecule has 0 aliphatic carbocycles. The first kappa shape index (κ1) is 11.9. The molecule has 0 saturated heterocycles. The molecular weight excluding hydrogens is 190 g/mol. The number of nitrogens with zero attached hydrogens (tertiary/aromatic N) is 2. The maximum absolute atomic E-state index is 8.97. The van der Waals surface area contributed by atoms with Gasteiger partial charge in [0.25, 0.3) is 0 Å². The Labute approximate surface area is 90.8 Å². The number of aryl methyl sites for hydroxylation is 1. The number of rotatable bonds is 5. The van der Waals surface area contributed by atoms with Crippen LogP contribution in [0.15, 0.2) is 12.4 Å². The average molecular weight is 209 g/mol. The average Bonchev–Trinajstić information content (AvgIpc) is 2.22. The molecule has 0 saturated carbocycles. The van der Waals surface area contributed by atoms with Crippen molar-refractivity contribution in [3.8, 4) is 0 Å². The molecule has 0 aromatic carbocycles. The summed E-state index contributed by atoms with van der Waals surface area (Å²) >= 11 is 0. The van der Waals surface area contributed by atoms with E-state index in [1.807, 2.05) is 6.92 Å². The summed E-state index contributed by atoms with van der Waals surface area (Å²) in [5.74, 6) is 0.624. The van der Waals surface area contributed by atoms with Crippen LogP contribution < -0.4 is 5.32 Å². The fourth-order valence-electron chi connectivity index (χ4n) is 1.30. The van der Waals surface area contributed by atoms with Gasteiger partial charge in [0.2, 0.25) is 5.95 Å². The van der Waals surface area contributed by atoms with Gasteiger partial charge in [0, 0.05) is 24.5 Å². The second-order valence-electron chi connectivity index (χ2n) is 4.10. The van der Waals surface area contributed by atoms with E-state index in [-0.39, 0.29) is 12.1 Å². The summed E-state index contributed by atoms with van der Waals surface area (Å²) in [6, 6.07) is 0. The normalized spacial score (nSPS) is 14.7. The van der Waals surface area contributed by atoms with E-state index in [9.17, 15) is 0 Å². The van der Waals surface area contributed by atoms with E-state index >= 15 is 0 Å². The van der Waals surface area contributed by atoms with Gasteiger partial charge in [-0.15, -0.1) is 0 Å². The van der Waals surface area contributed by atoms with Crippen molar-refractivity contribution in [1.82, 2.24) is 9.97 Å². The van der Waals surface area contributed by atoms with Gasteiger partial charge in [-0.3, -0.25) is 0 Å². The first-order valence-electron chi connectivity index (χ1n) is 5.27. The summed E-state index contributed by atoms with van der Waals surface area (Å²) in [6.07, 6.45) is 5.18. The lowest BCUT2D eigenvalue weighted by Crippen LogP contribution is -2.35. The van der Waals surface area contributed by atoms with Crippen LogP contribution in [0.4, 0.5) is 5.95 Å². The molecule has 1 rings (SSSR count). The molecule has 1 aromatic heterocycles. The molecule has 84 valence electrons. The smallest absolute Gasteiger partial charge is 0.223 e. The third kappa shape index (κ3) is 3.47. The molecule has 2 N–H and O–H groups in total. The lowest BCUT2D eigenvalue weighted by Gasteiger charge is -2.28. The number of anilines is 1. The van der Waals surface area contributed by atoms with E-state index in [1.165, 1.54) is 0 Å². The molecule has 1 unspecified atom stereocenters. The first-order chi connectivity index (χ1) is 7.09. The zero-order valence-electron chi connectivity index (χ0n) is 9.62. The molecule has 1 heterocycles. The van der Waals surface area contributed by atoms with Crippen LogP contribution in [0.3, 0.4) is 0 Å². The molecule has 0 bridgehead atoms. The molecule has 0 radical (unpaired) electrons. The predicted octanol–water partition coefficient (Wildman–Crippen LogP) is 1.75. The molecular formula is C11H19N3O. The highest BCUT2D eigenvalue weighted by atomic mass is 16.3. The van der Waals surface area contributed by atoms with Gasteiger partial charge >= 0.3 is 0 Å². The number of aliphatic hydroxyl groups is 1. The van der Waals surface area contributed by atoms with Crippen molar-refractivity contribution in [3.63, 3.8) is 0 Å². The molecule has 0 spiro atoms. The van der Waals surface area contributed by atoms with Crippen LogP contribution >= 0.6 is 0 Å². The molecule has 0 aliphatic heterocycles. The predicted molar refractivity (Wildman–Crippen MR) is 60.8 cm³/mol. The summed E-state index contributed by atoms with van der Waals surface area (Å²) < 4.78 is 0. The second kappa shape index (κ2) is 5.07. The molecule has 4 nitrogen and oxygen atoms in total. The monoisotopic (exact) mass is 209 g/mol. The molecule has 4 heteroatoms. The summed E-state index contributed by atoms with van der Waals surface area (Å²) in [4.78, 5) is 8.38. The SMILES string of the molecule is CCC(C)(CCO)Nc1ncc(C)cn1. The van der Waals surface area contributed by atoms with Crippen LogP contribution in [0.1, 0.15) is 32.3 Å². The fourth-order valence-corrected chi connectivity index (χ4v) is 1.30. The van der Waals surface area contributed by atoms with Gasteiger partial charge in [0.05, 0.1) is 0 Å². The third-order valence-corrected chi connectivity index (χ3v) is 2.64. The van der Waals surface area contributed by atoms with E-state index in [1.54, 1.807) is 12.4 Å². The molecule has 0 amide bonds. The van der Waals surface area contributed by atoms with Crippen LogP contribution in [-0.4, -0.2) is 27.2 Å². The largest absolute Gasteiger partial charge is 0.396 e. The van der Waals surface area contributed by atoms with Gasteiger partial charge in [-0.25, -0.2) is 9.97 Å². The molecule has 1 aromatic rings. The Bertz CT molecular complexity index is 299.